The Morgan fingerprint density at radius 2 is 1.88 bits per heavy atom. The van der Waals surface area contributed by atoms with Crippen LogP contribution in [0.2, 0.25) is 0 Å². The van der Waals surface area contributed by atoms with Crippen LogP contribution in [0.25, 0.3) is 0 Å². The molecule has 0 radical (unpaired) electrons. The summed E-state index contributed by atoms with van der Waals surface area (Å²) in [5.41, 5.74) is 2.55. The highest BCUT2D eigenvalue weighted by molar-refractivity contribution is 7.89. The van der Waals surface area contributed by atoms with E-state index in [1.54, 1.807) is 4.31 Å². The molecule has 1 aromatic rings. The molecule has 1 N–H and O–H groups in total. The third kappa shape index (κ3) is 3.84. The number of benzene rings is 1. The molecule has 2 heterocycles. The van der Waals surface area contributed by atoms with Crippen LogP contribution in [0.15, 0.2) is 23.1 Å². The van der Waals surface area contributed by atoms with E-state index in [-0.39, 0.29) is 6.04 Å². The van der Waals surface area contributed by atoms with E-state index in [2.05, 4.69) is 10.2 Å². The first-order chi connectivity index (χ1) is 12.6. The Morgan fingerprint density at radius 3 is 2.65 bits per heavy atom. The van der Waals surface area contributed by atoms with Crippen LogP contribution in [0.4, 0.5) is 0 Å². The lowest BCUT2D eigenvalue weighted by molar-refractivity contribution is 0.231. The highest BCUT2D eigenvalue weighted by Crippen LogP contribution is 2.28. The molecule has 0 bridgehead atoms. The molecule has 1 aromatic carbocycles. The first-order valence-electron chi connectivity index (χ1n) is 10.2. The van der Waals surface area contributed by atoms with Gasteiger partial charge in [-0.3, -0.25) is 0 Å². The second-order valence-corrected chi connectivity index (χ2v) is 9.84. The van der Waals surface area contributed by atoms with Crippen LogP contribution in [-0.4, -0.2) is 62.9 Å². The minimum Gasteiger partial charge on any atom is -0.315 e. The molecule has 6 heteroatoms. The number of hydrogen-bond acceptors (Lipinski definition) is 4. The fourth-order valence-corrected chi connectivity index (χ4v) is 6.36. The molecule has 1 unspecified atom stereocenters. The molecule has 1 aliphatic carbocycles. The third-order valence-corrected chi connectivity index (χ3v) is 8.14. The summed E-state index contributed by atoms with van der Waals surface area (Å²) < 4.78 is 28.8. The molecule has 3 aliphatic rings. The van der Waals surface area contributed by atoms with E-state index in [0.29, 0.717) is 11.4 Å². The zero-order chi connectivity index (χ0) is 18.0. The van der Waals surface area contributed by atoms with E-state index < -0.39 is 10.0 Å². The maximum absolute atomic E-state index is 13.5. The smallest absolute Gasteiger partial charge is 0.243 e. The number of sulfonamides is 1. The Labute approximate surface area is 157 Å². The Hall–Kier alpha value is -0.950. The van der Waals surface area contributed by atoms with E-state index in [9.17, 15) is 8.42 Å². The van der Waals surface area contributed by atoms with Crippen LogP contribution in [0.5, 0.6) is 0 Å². The minimum absolute atomic E-state index is 0.0737. The molecule has 2 saturated heterocycles. The third-order valence-electron chi connectivity index (χ3n) is 6.19. The first kappa shape index (κ1) is 18.4. The van der Waals surface area contributed by atoms with Crippen LogP contribution in [0.3, 0.4) is 0 Å². The summed E-state index contributed by atoms with van der Waals surface area (Å²) in [5, 5.41) is 3.39. The largest absolute Gasteiger partial charge is 0.315 e. The fraction of sp³-hybridized carbons (Fsp3) is 0.700. The highest BCUT2D eigenvalue weighted by Gasteiger charge is 2.33. The van der Waals surface area contributed by atoms with E-state index in [0.717, 1.165) is 64.8 Å². The molecule has 1 atom stereocenters. The summed E-state index contributed by atoms with van der Waals surface area (Å²) in [5.74, 6) is 0. The second-order valence-electron chi connectivity index (χ2n) is 7.95. The van der Waals surface area contributed by atoms with Crippen molar-refractivity contribution in [3.05, 3.63) is 29.3 Å². The number of aryl methyl sites for hydroxylation is 2. The number of nitrogens with zero attached hydrogens (tertiary/aromatic N) is 2. The molecular weight excluding hydrogens is 346 g/mol. The van der Waals surface area contributed by atoms with Crippen molar-refractivity contribution in [2.45, 2.75) is 55.9 Å². The van der Waals surface area contributed by atoms with Crippen molar-refractivity contribution in [1.82, 2.24) is 14.5 Å². The number of hydrogen-bond donors (Lipinski definition) is 1. The molecular formula is C20H31N3O2S. The van der Waals surface area contributed by atoms with Crippen molar-refractivity contribution in [3.63, 3.8) is 0 Å². The molecule has 5 nitrogen and oxygen atoms in total. The number of nitrogens with one attached hydrogen (secondary N) is 1. The summed E-state index contributed by atoms with van der Waals surface area (Å²) in [7, 11) is -3.45. The van der Waals surface area contributed by atoms with Crippen molar-refractivity contribution in [1.29, 1.82) is 0 Å². The van der Waals surface area contributed by atoms with Gasteiger partial charge in [0.05, 0.1) is 4.90 Å². The maximum Gasteiger partial charge on any atom is 0.243 e. The molecule has 4 rings (SSSR count). The Balaban J connectivity index is 1.57. The zero-order valence-electron chi connectivity index (χ0n) is 15.6. The lowest BCUT2D eigenvalue weighted by Crippen LogP contribution is -2.50. The van der Waals surface area contributed by atoms with E-state index >= 15 is 0 Å². The lowest BCUT2D eigenvalue weighted by atomic mass is 10.1. The molecule has 2 fully saturated rings. The lowest BCUT2D eigenvalue weighted by Gasteiger charge is -2.34. The minimum atomic E-state index is -3.45. The monoisotopic (exact) mass is 377 g/mol. The van der Waals surface area contributed by atoms with Crippen LogP contribution < -0.4 is 5.32 Å². The van der Waals surface area contributed by atoms with Crippen molar-refractivity contribution >= 4 is 10.0 Å². The normalized spacial score (nSPS) is 24.3. The number of likely N-dealkylation sites (tertiary alicyclic amines) is 1. The van der Waals surface area contributed by atoms with Crippen molar-refractivity contribution in [2.24, 2.45) is 0 Å². The number of piperidine rings is 1. The Kier molecular flexibility index (Phi) is 5.64. The molecule has 144 valence electrons. The van der Waals surface area contributed by atoms with Gasteiger partial charge in [0.15, 0.2) is 0 Å². The van der Waals surface area contributed by atoms with Crippen LogP contribution in [0, 0.1) is 0 Å². The zero-order valence-corrected chi connectivity index (χ0v) is 16.4. The summed E-state index contributed by atoms with van der Waals surface area (Å²) in [6.45, 7) is 5.43. The topological polar surface area (TPSA) is 52.7 Å². The Bertz CT molecular complexity index is 723. The summed E-state index contributed by atoms with van der Waals surface area (Å²) in [6, 6.07) is 5.88. The Morgan fingerprint density at radius 1 is 1.08 bits per heavy atom. The van der Waals surface area contributed by atoms with E-state index in [1.807, 2.05) is 18.2 Å². The highest BCUT2D eigenvalue weighted by atomic mass is 32.2. The van der Waals surface area contributed by atoms with Gasteiger partial charge in [0.25, 0.3) is 0 Å². The van der Waals surface area contributed by atoms with Crippen LogP contribution >= 0.6 is 0 Å². The van der Waals surface area contributed by atoms with E-state index in [1.165, 1.54) is 24.0 Å². The SMILES string of the molecule is O=S(=O)(c1ccc2c(c1)CCC2)N(CCN1CCCC1)C1CCCNC1. The number of fused-ring (bicyclic) bond motifs is 1. The van der Waals surface area contributed by atoms with Crippen molar-refractivity contribution in [2.75, 3.05) is 39.3 Å². The van der Waals surface area contributed by atoms with Gasteiger partial charge in [0.2, 0.25) is 10.0 Å². The van der Waals surface area contributed by atoms with Gasteiger partial charge in [-0.2, -0.15) is 4.31 Å². The van der Waals surface area contributed by atoms with Crippen LogP contribution in [0.1, 0.15) is 43.2 Å². The predicted octanol–water partition coefficient (Wildman–Crippen LogP) is 2.01. The van der Waals surface area contributed by atoms with Gasteiger partial charge in [0, 0.05) is 25.7 Å². The predicted molar refractivity (Wildman–Crippen MR) is 104 cm³/mol. The fourth-order valence-electron chi connectivity index (χ4n) is 4.67. The van der Waals surface area contributed by atoms with Crippen molar-refractivity contribution < 1.29 is 8.42 Å². The standard InChI is InChI=1S/C20H31N3O2S/c24-26(25,20-9-8-17-5-3-6-18(17)15-20)23(19-7-4-10-21-16-19)14-13-22-11-1-2-12-22/h8-9,15,19,21H,1-7,10-14,16H2. The average Bonchev–Trinajstić information content (AvgIpc) is 3.33. The first-order valence-corrected chi connectivity index (χ1v) is 11.7. The van der Waals surface area contributed by atoms with Crippen LogP contribution in [-0.2, 0) is 22.9 Å². The molecule has 2 aliphatic heterocycles. The van der Waals surface area contributed by atoms with Gasteiger partial charge in [-0.25, -0.2) is 8.42 Å². The van der Waals surface area contributed by atoms with Gasteiger partial charge in [-0.1, -0.05) is 6.07 Å². The summed E-state index contributed by atoms with van der Waals surface area (Å²) in [6.07, 6.45) is 7.72. The summed E-state index contributed by atoms with van der Waals surface area (Å²) >= 11 is 0. The molecule has 26 heavy (non-hydrogen) atoms. The maximum atomic E-state index is 13.5. The van der Waals surface area contributed by atoms with Gasteiger partial charge >= 0.3 is 0 Å². The summed E-state index contributed by atoms with van der Waals surface area (Å²) in [4.78, 5) is 2.90. The average molecular weight is 378 g/mol. The van der Waals surface area contributed by atoms with Gasteiger partial charge in [0.1, 0.15) is 0 Å². The molecule has 0 spiro atoms. The van der Waals surface area contributed by atoms with E-state index in [4.69, 9.17) is 0 Å². The van der Waals surface area contributed by atoms with Gasteiger partial charge in [-0.05, 0) is 87.8 Å². The second kappa shape index (κ2) is 7.97. The quantitative estimate of drug-likeness (QED) is 0.824. The van der Waals surface area contributed by atoms with Crippen molar-refractivity contribution in [3.8, 4) is 0 Å². The molecule has 0 saturated carbocycles. The van der Waals surface area contributed by atoms with Gasteiger partial charge < -0.3 is 10.2 Å². The van der Waals surface area contributed by atoms with Gasteiger partial charge in [-0.15, -0.1) is 0 Å². The molecule has 0 aromatic heterocycles. The number of rotatable bonds is 6. The molecule has 0 amide bonds.